The number of benzene rings is 1. The van der Waals surface area contributed by atoms with Gasteiger partial charge in [0.15, 0.2) is 11.6 Å². The van der Waals surface area contributed by atoms with Crippen LogP contribution in [-0.4, -0.2) is 33.6 Å². The first-order valence-electron chi connectivity index (χ1n) is 5.71. The van der Waals surface area contributed by atoms with Crippen molar-refractivity contribution in [3.63, 3.8) is 0 Å². The van der Waals surface area contributed by atoms with Crippen LogP contribution in [0.25, 0.3) is 0 Å². The Morgan fingerprint density at radius 3 is 2.95 bits per heavy atom. The molecule has 0 saturated heterocycles. The fourth-order valence-corrected chi connectivity index (χ4v) is 1.65. The minimum absolute atomic E-state index is 0.0566. The van der Waals surface area contributed by atoms with Crippen LogP contribution >= 0.6 is 0 Å². The number of nitrogens with one attached hydrogen (secondary N) is 1. The first-order chi connectivity index (χ1) is 9.61. The molecule has 0 aliphatic rings. The summed E-state index contributed by atoms with van der Waals surface area (Å²) in [6.45, 7) is 0.843. The highest BCUT2D eigenvalue weighted by Gasteiger charge is 2.18. The molecule has 1 heterocycles. The molecule has 9 heteroatoms. The molecule has 0 fully saturated rings. The molecule has 1 N–H and O–H groups in total. The third-order valence-corrected chi connectivity index (χ3v) is 2.60. The molecule has 20 heavy (non-hydrogen) atoms. The van der Waals surface area contributed by atoms with Crippen LogP contribution in [-0.2, 0) is 6.54 Å². The first kappa shape index (κ1) is 13.7. The summed E-state index contributed by atoms with van der Waals surface area (Å²) in [5.41, 5.74) is -0.157. The molecule has 1 aromatic carbocycles. The summed E-state index contributed by atoms with van der Waals surface area (Å²) in [6, 6.07) is 2.09. The van der Waals surface area contributed by atoms with Gasteiger partial charge >= 0.3 is 0 Å². The zero-order valence-electron chi connectivity index (χ0n) is 10.6. The number of nitro groups is 1. The average molecular weight is 281 g/mol. The summed E-state index contributed by atoms with van der Waals surface area (Å²) in [5.74, 6) is -0.833. The molecule has 0 atom stereocenters. The molecular formula is C11H12FN5O3. The second kappa shape index (κ2) is 5.95. The minimum atomic E-state index is -0.777. The normalized spacial score (nSPS) is 10.3. The van der Waals surface area contributed by atoms with Crippen molar-refractivity contribution in [2.75, 3.05) is 19.0 Å². The summed E-state index contributed by atoms with van der Waals surface area (Å²) in [4.78, 5) is 10.2. The van der Waals surface area contributed by atoms with Crippen LogP contribution in [0.1, 0.15) is 0 Å². The van der Waals surface area contributed by atoms with Gasteiger partial charge in [-0.3, -0.25) is 14.8 Å². The lowest BCUT2D eigenvalue weighted by atomic mass is 10.2. The van der Waals surface area contributed by atoms with Crippen molar-refractivity contribution in [1.82, 2.24) is 15.0 Å². The molecule has 0 aliphatic heterocycles. The lowest BCUT2D eigenvalue weighted by Crippen LogP contribution is -2.12. The maximum absolute atomic E-state index is 13.5. The van der Waals surface area contributed by atoms with Gasteiger partial charge in [0.05, 0.1) is 30.8 Å². The van der Waals surface area contributed by atoms with E-state index >= 15 is 0 Å². The number of nitro benzene ring substituents is 1. The third-order valence-electron chi connectivity index (χ3n) is 2.60. The molecule has 106 valence electrons. The van der Waals surface area contributed by atoms with E-state index in [1.807, 2.05) is 0 Å². The van der Waals surface area contributed by atoms with Gasteiger partial charge < -0.3 is 10.1 Å². The zero-order valence-corrected chi connectivity index (χ0v) is 10.6. The Kier molecular flexibility index (Phi) is 4.08. The van der Waals surface area contributed by atoms with E-state index in [0.717, 1.165) is 6.07 Å². The predicted molar refractivity (Wildman–Crippen MR) is 68.1 cm³/mol. The Labute approximate surface area is 113 Å². The molecule has 0 bridgehead atoms. The van der Waals surface area contributed by atoms with Gasteiger partial charge in [0.25, 0.3) is 5.69 Å². The number of hydrogen-bond donors (Lipinski definition) is 1. The molecule has 2 aromatic rings. The van der Waals surface area contributed by atoms with Crippen LogP contribution in [0.3, 0.4) is 0 Å². The van der Waals surface area contributed by atoms with Gasteiger partial charge in [-0.05, 0) is 0 Å². The molecule has 0 spiro atoms. The van der Waals surface area contributed by atoms with Crippen molar-refractivity contribution in [3.8, 4) is 5.75 Å². The second-order valence-corrected chi connectivity index (χ2v) is 3.85. The van der Waals surface area contributed by atoms with Crippen molar-refractivity contribution < 1.29 is 14.1 Å². The van der Waals surface area contributed by atoms with Crippen LogP contribution in [0.5, 0.6) is 5.75 Å². The quantitative estimate of drug-likeness (QED) is 0.636. The van der Waals surface area contributed by atoms with E-state index < -0.39 is 10.7 Å². The van der Waals surface area contributed by atoms with Gasteiger partial charge in [-0.2, -0.15) is 0 Å². The molecular weight excluding hydrogens is 269 g/mol. The van der Waals surface area contributed by atoms with Gasteiger partial charge in [0.1, 0.15) is 5.69 Å². The van der Waals surface area contributed by atoms with Gasteiger partial charge in [-0.25, -0.2) is 4.39 Å². The van der Waals surface area contributed by atoms with Crippen LogP contribution < -0.4 is 10.1 Å². The summed E-state index contributed by atoms with van der Waals surface area (Å²) in [7, 11) is 1.30. The van der Waals surface area contributed by atoms with E-state index in [2.05, 4.69) is 15.6 Å². The Morgan fingerprint density at radius 2 is 2.35 bits per heavy atom. The number of nitrogens with zero attached hydrogens (tertiary/aromatic N) is 4. The topological polar surface area (TPSA) is 95.1 Å². The number of methoxy groups -OCH3 is 1. The number of hydrogen-bond acceptors (Lipinski definition) is 6. The maximum atomic E-state index is 13.5. The largest absolute Gasteiger partial charge is 0.494 e. The molecule has 1 aromatic heterocycles. The zero-order chi connectivity index (χ0) is 14.5. The number of aromatic nitrogens is 3. The van der Waals surface area contributed by atoms with E-state index in [4.69, 9.17) is 4.74 Å². The summed E-state index contributed by atoms with van der Waals surface area (Å²) in [5, 5.41) is 21.2. The minimum Gasteiger partial charge on any atom is -0.494 e. The van der Waals surface area contributed by atoms with E-state index in [-0.39, 0.29) is 17.1 Å². The number of anilines is 1. The lowest BCUT2D eigenvalue weighted by Gasteiger charge is -2.09. The van der Waals surface area contributed by atoms with Crippen molar-refractivity contribution >= 4 is 11.4 Å². The summed E-state index contributed by atoms with van der Waals surface area (Å²) >= 11 is 0. The van der Waals surface area contributed by atoms with Crippen LogP contribution in [0.2, 0.25) is 0 Å². The monoisotopic (exact) mass is 281 g/mol. The number of rotatable bonds is 6. The molecule has 0 amide bonds. The molecule has 0 unspecified atom stereocenters. The van der Waals surface area contributed by atoms with Crippen molar-refractivity contribution in [3.05, 3.63) is 40.5 Å². The van der Waals surface area contributed by atoms with E-state index in [9.17, 15) is 14.5 Å². The molecule has 0 radical (unpaired) electrons. The summed E-state index contributed by atoms with van der Waals surface area (Å²) < 4.78 is 19.8. The molecule has 2 rings (SSSR count). The predicted octanol–water partition coefficient (Wildman–Crippen LogP) is 1.45. The highest BCUT2D eigenvalue weighted by atomic mass is 19.1. The van der Waals surface area contributed by atoms with Crippen molar-refractivity contribution in [1.29, 1.82) is 0 Å². The number of ether oxygens (including phenoxy) is 1. The van der Waals surface area contributed by atoms with E-state index in [0.29, 0.717) is 13.1 Å². The molecule has 0 aliphatic carbocycles. The Bertz CT molecular complexity index is 602. The van der Waals surface area contributed by atoms with Crippen LogP contribution in [0, 0.1) is 15.9 Å². The fraction of sp³-hybridized carbons (Fsp3) is 0.273. The second-order valence-electron chi connectivity index (χ2n) is 3.85. The lowest BCUT2D eigenvalue weighted by molar-refractivity contribution is -0.384. The van der Waals surface area contributed by atoms with E-state index in [1.165, 1.54) is 19.4 Å². The third kappa shape index (κ3) is 2.99. The highest BCUT2D eigenvalue weighted by Crippen LogP contribution is 2.31. The SMILES string of the molecule is COc1cc(NCCn2ccnn2)c([N+](=O)[O-])cc1F. The van der Waals surface area contributed by atoms with Gasteiger partial charge in [0.2, 0.25) is 0 Å². The average Bonchev–Trinajstić information content (AvgIpc) is 2.93. The van der Waals surface area contributed by atoms with Crippen molar-refractivity contribution in [2.45, 2.75) is 6.54 Å². The fourth-order valence-electron chi connectivity index (χ4n) is 1.65. The van der Waals surface area contributed by atoms with E-state index in [1.54, 1.807) is 10.9 Å². The van der Waals surface area contributed by atoms with Crippen LogP contribution in [0.15, 0.2) is 24.5 Å². The molecule has 8 nitrogen and oxygen atoms in total. The van der Waals surface area contributed by atoms with Gasteiger partial charge in [-0.15, -0.1) is 5.10 Å². The Hall–Kier alpha value is -2.71. The Balaban J connectivity index is 2.14. The first-order valence-corrected chi connectivity index (χ1v) is 5.71. The van der Waals surface area contributed by atoms with Gasteiger partial charge in [-0.1, -0.05) is 5.21 Å². The maximum Gasteiger partial charge on any atom is 0.295 e. The highest BCUT2D eigenvalue weighted by molar-refractivity contribution is 5.64. The van der Waals surface area contributed by atoms with Crippen molar-refractivity contribution in [2.24, 2.45) is 0 Å². The Morgan fingerprint density at radius 1 is 1.55 bits per heavy atom. The van der Waals surface area contributed by atoms with Gasteiger partial charge in [0, 0.05) is 18.8 Å². The number of halogens is 1. The smallest absolute Gasteiger partial charge is 0.295 e. The molecule has 0 saturated carbocycles. The van der Waals surface area contributed by atoms with Crippen LogP contribution in [0.4, 0.5) is 15.8 Å². The standard InChI is InChI=1S/C11H12FN5O3/c1-20-11-7-9(10(17(18)19)6-8(11)12)13-2-4-16-5-3-14-15-16/h3,5-7,13H,2,4H2,1H3. The summed E-state index contributed by atoms with van der Waals surface area (Å²) in [6.07, 6.45) is 3.20.